The minimum Gasteiger partial charge on any atom is -0.351 e. The Morgan fingerprint density at radius 3 is 2.81 bits per heavy atom. The fourth-order valence-electron chi connectivity index (χ4n) is 3.09. The van der Waals surface area contributed by atoms with Crippen molar-refractivity contribution in [2.75, 3.05) is 31.1 Å². The summed E-state index contributed by atoms with van der Waals surface area (Å²) in [5, 5.41) is 6.93. The Hall–Kier alpha value is -0.660. The maximum Gasteiger partial charge on any atom is 0.264 e. The molecule has 0 spiro atoms. The number of aromatic nitrogens is 2. The largest absolute Gasteiger partial charge is 0.351 e. The van der Waals surface area contributed by atoms with Gasteiger partial charge in [-0.05, 0) is 62.5 Å². The normalized spacial score (nSPS) is 24.3. The van der Waals surface area contributed by atoms with Crippen molar-refractivity contribution < 1.29 is 4.79 Å². The van der Waals surface area contributed by atoms with E-state index in [1.807, 2.05) is 6.92 Å². The zero-order valence-corrected chi connectivity index (χ0v) is 14.0. The lowest BCUT2D eigenvalue weighted by atomic mass is 9.95. The van der Waals surface area contributed by atoms with Crippen molar-refractivity contribution >= 4 is 29.2 Å². The SMILES string of the molecule is Cc1nnsc1C(=O)NCC1CCN([C@H]2CCSC2)CC1. The van der Waals surface area contributed by atoms with Gasteiger partial charge in [0, 0.05) is 18.3 Å². The van der Waals surface area contributed by atoms with Crippen LogP contribution in [0.15, 0.2) is 0 Å². The van der Waals surface area contributed by atoms with Crippen LogP contribution >= 0.6 is 23.3 Å². The van der Waals surface area contributed by atoms with E-state index in [9.17, 15) is 4.79 Å². The number of rotatable bonds is 4. The van der Waals surface area contributed by atoms with Crippen molar-refractivity contribution in [3.05, 3.63) is 10.6 Å². The highest BCUT2D eigenvalue weighted by Gasteiger charge is 2.27. The van der Waals surface area contributed by atoms with Gasteiger partial charge in [0.1, 0.15) is 4.88 Å². The summed E-state index contributed by atoms with van der Waals surface area (Å²) in [5.41, 5.74) is 0.728. The second-order valence-corrected chi connectivity index (χ2v) is 7.80. The average molecular weight is 326 g/mol. The monoisotopic (exact) mass is 326 g/mol. The molecule has 1 atom stereocenters. The maximum atomic E-state index is 12.0. The molecule has 3 heterocycles. The number of nitrogens with zero attached hydrogens (tertiary/aromatic N) is 3. The van der Waals surface area contributed by atoms with Crippen molar-refractivity contribution in [2.24, 2.45) is 5.92 Å². The van der Waals surface area contributed by atoms with E-state index in [0.29, 0.717) is 10.8 Å². The minimum atomic E-state index is -0.0166. The Kier molecular flexibility index (Phi) is 5.13. The van der Waals surface area contributed by atoms with E-state index in [-0.39, 0.29) is 5.91 Å². The van der Waals surface area contributed by atoms with Crippen molar-refractivity contribution in [2.45, 2.75) is 32.2 Å². The van der Waals surface area contributed by atoms with Gasteiger partial charge in [0.2, 0.25) is 0 Å². The van der Waals surface area contributed by atoms with E-state index in [0.717, 1.165) is 18.3 Å². The quantitative estimate of drug-likeness (QED) is 0.914. The van der Waals surface area contributed by atoms with E-state index in [4.69, 9.17) is 0 Å². The van der Waals surface area contributed by atoms with Crippen molar-refractivity contribution in [1.29, 1.82) is 0 Å². The molecule has 0 aromatic carbocycles. The first-order valence-corrected chi connectivity index (χ1v) is 9.56. The van der Waals surface area contributed by atoms with Gasteiger partial charge in [0.15, 0.2) is 0 Å². The summed E-state index contributed by atoms with van der Waals surface area (Å²) in [5.74, 6) is 3.22. The third kappa shape index (κ3) is 3.76. The number of piperidine rings is 1. The van der Waals surface area contributed by atoms with Crippen LogP contribution in [0.2, 0.25) is 0 Å². The predicted molar refractivity (Wildman–Crippen MR) is 87.0 cm³/mol. The molecule has 21 heavy (non-hydrogen) atoms. The summed E-state index contributed by atoms with van der Waals surface area (Å²) >= 11 is 3.26. The first-order chi connectivity index (χ1) is 10.2. The zero-order valence-electron chi connectivity index (χ0n) is 12.4. The molecule has 5 nitrogen and oxygen atoms in total. The van der Waals surface area contributed by atoms with E-state index in [1.165, 1.54) is 55.4 Å². The molecule has 0 unspecified atom stereocenters. The topological polar surface area (TPSA) is 58.1 Å². The number of aryl methyl sites for hydroxylation is 1. The molecule has 1 N–H and O–H groups in total. The molecule has 0 saturated carbocycles. The Bertz CT molecular complexity index is 479. The molecule has 2 fully saturated rings. The van der Waals surface area contributed by atoms with Crippen molar-refractivity contribution in [3.8, 4) is 0 Å². The van der Waals surface area contributed by atoms with Crippen molar-refractivity contribution in [1.82, 2.24) is 19.8 Å². The molecule has 0 radical (unpaired) electrons. The van der Waals surface area contributed by atoms with Gasteiger partial charge in [-0.3, -0.25) is 9.69 Å². The molecule has 116 valence electrons. The van der Waals surface area contributed by atoms with Crippen LogP contribution in [0.1, 0.15) is 34.6 Å². The highest BCUT2D eigenvalue weighted by Crippen LogP contribution is 2.26. The van der Waals surface area contributed by atoms with Crippen LogP contribution in [0.3, 0.4) is 0 Å². The molecule has 2 aliphatic rings. The second kappa shape index (κ2) is 7.07. The van der Waals surface area contributed by atoms with Crippen LogP contribution in [-0.4, -0.2) is 57.6 Å². The number of hydrogen-bond donors (Lipinski definition) is 1. The Morgan fingerprint density at radius 2 is 2.19 bits per heavy atom. The van der Waals surface area contributed by atoms with Gasteiger partial charge in [-0.1, -0.05) is 4.49 Å². The fraction of sp³-hybridized carbons (Fsp3) is 0.786. The maximum absolute atomic E-state index is 12.0. The van der Waals surface area contributed by atoms with E-state index in [1.54, 1.807) is 0 Å². The molecule has 3 rings (SSSR count). The number of hydrogen-bond acceptors (Lipinski definition) is 6. The summed E-state index contributed by atoms with van der Waals surface area (Å²) in [6.07, 6.45) is 3.74. The second-order valence-electron chi connectivity index (χ2n) is 5.89. The highest BCUT2D eigenvalue weighted by molar-refractivity contribution is 7.99. The smallest absolute Gasteiger partial charge is 0.264 e. The average Bonchev–Trinajstić information content (AvgIpc) is 3.16. The van der Waals surface area contributed by atoms with Crippen LogP contribution in [0.4, 0.5) is 0 Å². The first-order valence-electron chi connectivity index (χ1n) is 7.63. The van der Waals surface area contributed by atoms with Crippen LogP contribution in [0, 0.1) is 12.8 Å². The number of nitrogens with one attached hydrogen (secondary N) is 1. The van der Waals surface area contributed by atoms with E-state index >= 15 is 0 Å². The molecule has 1 aromatic rings. The van der Waals surface area contributed by atoms with Gasteiger partial charge in [-0.15, -0.1) is 5.10 Å². The summed E-state index contributed by atoms with van der Waals surface area (Å²) in [6.45, 7) is 4.99. The molecule has 1 amide bonds. The number of likely N-dealkylation sites (tertiary alicyclic amines) is 1. The van der Waals surface area contributed by atoms with Gasteiger partial charge in [0.25, 0.3) is 5.91 Å². The molecule has 0 aliphatic carbocycles. The fourth-order valence-corrected chi connectivity index (χ4v) is 4.92. The van der Waals surface area contributed by atoms with Gasteiger partial charge < -0.3 is 5.32 Å². The molecule has 0 bridgehead atoms. The van der Waals surface area contributed by atoms with Gasteiger partial charge in [0.05, 0.1) is 5.69 Å². The zero-order chi connectivity index (χ0) is 14.7. The third-order valence-corrected chi connectivity index (χ3v) is 6.45. The Labute approximate surface area is 134 Å². The number of carbonyl (C=O) groups excluding carboxylic acids is 1. The Balaban J connectivity index is 1.41. The van der Waals surface area contributed by atoms with Crippen LogP contribution < -0.4 is 5.32 Å². The van der Waals surface area contributed by atoms with Gasteiger partial charge >= 0.3 is 0 Å². The van der Waals surface area contributed by atoms with Gasteiger partial charge in [-0.2, -0.15) is 11.8 Å². The molecule has 7 heteroatoms. The van der Waals surface area contributed by atoms with Crippen molar-refractivity contribution in [3.63, 3.8) is 0 Å². The molecule has 1 aromatic heterocycles. The van der Waals surface area contributed by atoms with E-state index < -0.39 is 0 Å². The number of amides is 1. The van der Waals surface area contributed by atoms with E-state index in [2.05, 4.69) is 31.6 Å². The summed E-state index contributed by atoms with van der Waals surface area (Å²) < 4.78 is 3.81. The highest BCUT2D eigenvalue weighted by atomic mass is 32.2. The Morgan fingerprint density at radius 1 is 1.38 bits per heavy atom. The molecular formula is C14H22N4OS2. The number of thioether (sulfide) groups is 1. The summed E-state index contributed by atoms with van der Waals surface area (Å²) in [4.78, 5) is 15.3. The number of carbonyl (C=O) groups is 1. The third-order valence-electron chi connectivity index (χ3n) is 4.48. The lowest BCUT2D eigenvalue weighted by Crippen LogP contribution is -2.43. The predicted octanol–water partition coefficient (Wildman–Crippen LogP) is 1.79. The standard InChI is InChI=1S/C14H22N4OS2/c1-10-13(21-17-16-10)14(19)15-8-11-2-5-18(6-3-11)12-4-7-20-9-12/h11-12H,2-9H2,1H3,(H,15,19)/t12-/m0/s1. The van der Waals surface area contributed by atoms with Crippen LogP contribution in [-0.2, 0) is 0 Å². The summed E-state index contributed by atoms with van der Waals surface area (Å²) in [7, 11) is 0. The van der Waals surface area contributed by atoms with Crippen LogP contribution in [0.25, 0.3) is 0 Å². The molecular weight excluding hydrogens is 304 g/mol. The summed E-state index contributed by atoms with van der Waals surface area (Å²) in [6, 6.07) is 0.802. The molecule has 2 aliphatic heterocycles. The lowest BCUT2D eigenvalue weighted by molar-refractivity contribution is 0.0931. The first kappa shape index (κ1) is 15.2. The van der Waals surface area contributed by atoms with Gasteiger partial charge in [-0.25, -0.2) is 0 Å². The minimum absolute atomic E-state index is 0.0166. The van der Waals surface area contributed by atoms with Crippen LogP contribution in [0.5, 0.6) is 0 Å². The lowest BCUT2D eigenvalue weighted by Gasteiger charge is -2.35. The molecule has 2 saturated heterocycles.